The van der Waals surface area contributed by atoms with Crippen LogP contribution in [-0.2, 0) is 9.47 Å². The average molecular weight is 210 g/mol. The Balaban J connectivity index is 0. The summed E-state index contributed by atoms with van der Waals surface area (Å²) in [4.78, 5) is 19.6. The molecule has 7 heteroatoms. The van der Waals surface area contributed by atoms with E-state index in [9.17, 15) is 9.59 Å². The average Bonchev–Trinajstić information content (AvgIpc) is 2.05. The second-order valence-electron chi connectivity index (χ2n) is 1.58. The number of rotatable bonds is 2. The molecule has 0 aliphatic carbocycles. The summed E-state index contributed by atoms with van der Waals surface area (Å²) in [6.07, 6.45) is -1.22. The first-order chi connectivity index (χ1) is 6.08. The topological polar surface area (TPSA) is 90.7 Å². The van der Waals surface area contributed by atoms with Crippen molar-refractivity contribution in [3.63, 3.8) is 0 Å². The largest absolute Gasteiger partial charge is 0.450 e. The highest BCUT2D eigenvalue weighted by atomic mass is 32.1. The summed E-state index contributed by atoms with van der Waals surface area (Å²) in [5.74, 6) is 0. The van der Waals surface area contributed by atoms with Crippen LogP contribution in [0.2, 0.25) is 0 Å². The Hall–Kier alpha value is -1.11. The van der Waals surface area contributed by atoms with E-state index in [0.717, 1.165) is 0 Å². The fraction of sp³-hybridized carbons (Fsp3) is 0.667. The van der Waals surface area contributed by atoms with Gasteiger partial charge in [-0.05, 0) is 13.8 Å². The number of primary amides is 1. The van der Waals surface area contributed by atoms with E-state index in [1.807, 2.05) is 4.72 Å². The number of nitrogens with two attached hydrogens (primary N) is 1. The van der Waals surface area contributed by atoms with Crippen molar-refractivity contribution < 1.29 is 19.1 Å². The number of hydrogen-bond donors (Lipinski definition) is 3. The summed E-state index contributed by atoms with van der Waals surface area (Å²) in [7, 11) is 0. The first-order valence-electron chi connectivity index (χ1n) is 3.57. The smallest absolute Gasteiger partial charge is 0.416 e. The van der Waals surface area contributed by atoms with Gasteiger partial charge in [0.05, 0.1) is 13.2 Å². The molecule has 2 amide bonds. The van der Waals surface area contributed by atoms with Gasteiger partial charge in [-0.25, -0.2) is 9.59 Å². The highest BCUT2D eigenvalue weighted by Gasteiger charge is 1.90. The Bertz CT molecular complexity index is 154. The van der Waals surface area contributed by atoms with Crippen molar-refractivity contribution in [3.05, 3.63) is 0 Å². The molecule has 0 heterocycles. The third kappa shape index (κ3) is 18.1. The number of carbonyl (C=O) groups is 2. The summed E-state index contributed by atoms with van der Waals surface area (Å²) in [5, 5.41) is 0. The summed E-state index contributed by atoms with van der Waals surface area (Å²) in [6.45, 7) is 4.16. The van der Waals surface area contributed by atoms with Crippen molar-refractivity contribution in [2.75, 3.05) is 13.2 Å². The Morgan fingerprint density at radius 2 is 1.77 bits per heavy atom. The van der Waals surface area contributed by atoms with Gasteiger partial charge < -0.3 is 15.2 Å². The summed E-state index contributed by atoms with van der Waals surface area (Å²) < 4.78 is 10.5. The normalized spacial score (nSPS) is 7.62. The van der Waals surface area contributed by atoms with Gasteiger partial charge in [0.2, 0.25) is 0 Å². The van der Waals surface area contributed by atoms with Crippen molar-refractivity contribution in [3.8, 4) is 0 Å². The predicted octanol–water partition coefficient (Wildman–Crippen LogP) is 0.679. The van der Waals surface area contributed by atoms with Gasteiger partial charge in [0.25, 0.3) is 0 Å². The molecule has 0 rings (SSSR count). The molecule has 0 aromatic carbocycles. The van der Waals surface area contributed by atoms with Gasteiger partial charge in [-0.2, -0.15) is 0 Å². The van der Waals surface area contributed by atoms with Crippen LogP contribution in [0, 0.1) is 0 Å². The molecule has 0 aromatic heterocycles. The summed E-state index contributed by atoms with van der Waals surface area (Å²) in [6, 6.07) is 0. The van der Waals surface area contributed by atoms with Crippen LogP contribution in [0.15, 0.2) is 0 Å². The molecule has 0 saturated carbocycles. The maximum Gasteiger partial charge on any atom is 0.416 e. The molecule has 0 aliphatic heterocycles. The van der Waals surface area contributed by atoms with E-state index in [1.165, 1.54) is 0 Å². The lowest BCUT2D eigenvalue weighted by Gasteiger charge is -1.94. The van der Waals surface area contributed by atoms with Crippen LogP contribution in [-0.4, -0.2) is 25.4 Å². The van der Waals surface area contributed by atoms with Crippen LogP contribution < -0.4 is 10.5 Å². The zero-order valence-electron chi connectivity index (χ0n) is 7.57. The molecular formula is C6H14N2O4S. The Morgan fingerprint density at radius 1 is 1.31 bits per heavy atom. The minimum atomic E-state index is -0.711. The number of nitrogens with one attached hydrogen (secondary N) is 1. The van der Waals surface area contributed by atoms with E-state index in [1.54, 1.807) is 13.8 Å². The Morgan fingerprint density at radius 3 is 1.85 bits per heavy atom. The molecule has 6 nitrogen and oxygen atoms in total. The molecule has 0 saturated heterocycles. The number of ether oxygens (including phenoxy) is 2. The van der Waals surface area contributed by atoms with Gasteiger partial charge in [0.15, 0.2) is 0 Å². The molecule has 3 N–H and O–H groups in total. The quantitative estimate of drug-likeness (QED) is 0.584. The third-order valence-corrected chi connectivity index (χ3v) is 0.836. The molecule has 0 spiro atoms. The SMILES string of the molecule is CCOC(=O)NS.CCOC(N)=O. The van der Waals surface area contributed by atoms with E-state index in [0.29, 0.717) is 13.2 Å². The molecule has 78 valence electrons. The van der Waals surface area contributed by atoms with Crippen molar-refractivity contribution in [1.29, 1.82) is 0 Å². The number of carbonyl (C=O) groups excluding carboxylic acids is 2. The van der Waals surface area contributed by atoms with E-state index in [2.05, 4.69) is 28.0 Å². The monoisotopic (exact) mass is 210 g/mol. The second-order valence-corrected chi connectivity index (χ2v) is 1.81. The van der Waals surface area contributed by atoms with Gasteiger partial charge in [0, 0.05) is 0 Å². The standard InChI is InChI=1S/C3H7NO2S.C3H7NO2/c1-2-6-3(5)4-7;1-2-6-3(4)5/h7H,2H2,1H3,(H,4,5);2H2,1H3,(H2,4,5). The highest BCUT2D eigenvalue weighted by Crippen LogP contribution is 1.74. The van der Waals surface area contributed by atoms with Gasteiger partial charge in [-0.15, -0.1) is 0 Å². The highest BCUT2D eigenvalue weighted by molar-refractivity contribution is 7.78. The van der Waals surface area contributed by atoms with Crippen LogP contribution in [0.4, 0.5) is 9.59 Å². The first kappa shape index (κ1) is 14.4. The van der Waals surface area contributed by atoms with E-state index >= 15 is 0 Å². The molecule has 0 aliphatic rings. The molecular weight excluding hydrogens is 196 g/mol. The van der Waals surface area contributed by atoms with Gasteiger partial charge in [-0.1, -0.05) is 12.8 Å². The number of thiol groups is 1. The van der Waals surface area contributed by atoms with Crippen LogP contribution in [0.1, 0.15) is 13.8 Å². The molecule has 0 unspecified atom stereocenters. The van der Waals surface area contributed by atoms with Gasteiger partial charge in [-0.3, -0.25) is 4.72 Å². The van der Waals surface area contributed by atoms with Crippen LogP contribution in [0.5, 0.6) is 0 Å². The van der Waals surface area contributed by atoms with Gasteiger partial charge in [0.1, 0.15) is 0 Å². The van der Waals surface area contributed by atoms with E-state index < -0.39 is 12.2 Å². The minimum Gasteiger partial charge on any atom is -0.450 e. The first-order valence-corrected chi connectivity index (χ1v) is 4.02. The lowest BCUT2D eigenvalue weighted by atomic mass is 10.9. The molecule has 13 heavy (non-hydrogen) atoms. The maximum atomic E-state index is 10.0. The lowest BCUT2D eigenvalue weighted by Crippen LogP contribution is -2.13. The lowest BCUT2D eigenvalue weighted by molar-refractivity contribution is 0.159. The fourth-order valence-corrected chi connectivity index (χ4v) is 0.370. The summed E-state index contributed by atoms with van der Waals surface area (Å²) in [5.41, 5.74) is 4.54. The van der Waals surface area contributed by atoms with Crippen molar-refractivity contribution in [2.45, 2.75) is 13.8 Å². The zero-order chi connectivity index (χ0) is 10.7. The molecule has 0 fully saturated rings. The molecule has 0 aromatic rings. The van der Waals surface area contributed by atoms with Crippen LogP contribution in [0.25, 0.3) is 0 Å². The van der Waals surface area contributed by atoms with E-state index in [-0.39, 0.29) is 0 Å². The Labute approximate surface area is 82.3 Å². The van der Waals surface area contributed by atoms with Gasteiger partial charge >= 0.3 is 12.2 Å². The molecule has 0 bridgehead atoms. The predicted molar refractivity (Wildman–Crippen MR) is 50.4 cm³/mol. The van der Waals surface area contributed by atoms with Crippen LogP contribution in [0.3, 0.4) is 0 Å². The Kier molecular flexibility index (Phi) is 12.1. The van der Waals surface area contributed by atoms with E-state index in [4.69, 9.17) is 0 Å². The summed E-state index contributed by atoms with van der Waals surface area (Å²) >= 11 is 3.42. The van der Waals surface area contributed by atoms with Crippen LogP contribution >= 0.6 is 12.8 Å². The second kappa shape index (κ2) is 10.9. The zero-order valence-corrected chi connectivity index (χ0v) is 8.47. The fourth-order valence-electron chi connectivity index (χ4n) is 0.306. The molecule has 0 atom stereocenters. The maximum absolute atomic E-state index is 10.0. The van der Waals surface area contributed by atoms with Crippen molar-refractivity contribution in [1.82, 2.24) is 4.72 Å². The van der Waals surface area contributed by atoms with Crippen molar-refractivity contribution in [2.24, 2.45) is 5.73 Å². The van der Waals surface area contributed by atoms with Crippen molar-refractivity contribution >= 4 is 25.0 Å². The third-order valence-electron chi connectivity index (χ3n) is 0.653. The molecule has 0 radical (unpaired) electrons. The number of hydrogen-bond acceptors (Lipinski definition) is 5. The minimum absolute atomic E-state index is 0.356. The number of amides is 2.